The molecule has 1 unspecified atom stereocenters. The lowest BCUT2D eigenvalue weighted by Crippen LogP contribution is -2.19. The molecule has 2 aromatic carbocycles. The van der Waals surface area contributed by atoms with Gasteiger partial charge in [-0.2, -0.15) is 0 Å². The van der Waals surface area contributed by atoms with Gasteiger partial charge in [-0.15, -0.1) is 0 Å². The summed E-state index contributed by atoms with van der Waals surface area (Å²) < 4.78 is 0. The Bertz CT molecular complexity index is 651. The van der Waals surface area contributed by atoms with E-state index in [1.54, 1.807) is 0 Å². The van der Waals surface area contributed by atoms with Gasteiger partial charge in [0.05, 0.1) is 0 Å². The number of benzene rings is 2. The van der Waals surface area contributed by atoms with Crippen LogP contribution in [0.25, 0.3) is 0 Å². The second-order valence-corrected chi connectivity index (χ2v) is 6.77. The van der Waals surface area contributed by atoms with Crippen molar-refractivity contribution in [2.75, 3.05) is 23.3 Å². The van der Waals surface area contributed by atoms with Crippen molar-refractivity contribution < 1.29 is 4.79 Å². The van der Waals surface area contributed by atoms with Crippen LogP contribution < -0.4 is 10.2 Å². The first-order valence-electron chi connectivity index (χ1n) is 8.89. The summed E-state index contributed by atoms with van der Waals surface area (Å²) in [6, 6.07) is 18.5. The Hall–Kier alpha value is -2.29. The number of carbonyl (C=O) groups is 1. The van der Waals surface area contributed by atoms with E-state index in [2.05, 4.69) is 41.4 Å². The van der Waals surface area contributed by atoms with Gasteiger partial charge in [0.2, 0.25) is 5.91 Å². The molecule has 0 aliphatic carbocycles. The van der Waals surface area contributed by atoms with E-state index in [0.717, 1.165) is 37.5 Å². The van der Waals surface area contributed by atoms with Crippen molar-refractivity contribution in [3.05, 3.63) is 60.2 Å². The highest BCUT2D eigenvalue weighted by atomic mass is 16.1. The number of rotatable bonds is 6. The van der Waals surface area contributed by atoms with Crippen molar-refractivity contribution in [3.8, 4) is 0 Å². The molecule has 0 aromatic heterocycles. The molecular formula is C21H26N2O. The fraction of sp³-hybridized carbons (Fsp3) is 0.381. The van der Waals surface area contributed by atoms with Crippen molar-refractivity contribution in [2.24, 2.45) is 5.92 Å². The largest absolute Gasteiger partial charge is 0.371 e. The summed E-state index contributed by atoms with van der Waals surface area (Å²) in [7, 11) is 0. The standard InChI is InChI=1S/C21H26N2O/c1-17-14-15-23(16-17)20-12-10-19(11-13-20)22-21(24)9-5-8-18-6-3-2-4-7-18/h2-4,6-7,10-13,17H,5,8-9,14-16H2,1H3,(H,22,24). The highest BCUT2D eigenvalue weighted by molar-refractivity contribution is 5.90. The highest BCUT2D eigenvalue weighted by Crippen LogP contribution is 2.24. The third-order valence-corrected chi connectivity index (χ3v) is 4.65. The van der Waals surface area contributed by atoms with Gasteiger partial charge in [-0.05, 0) is 55.0 Å². The maximum Gasteiger partial charge on any atom is 0.224 e. The smallest absolute Gasteiger partial charge is 0.224 e. The molecule has 24 heavy (non-hydrogen) atoms. The van der Waals surface area contributed by atoms with Crippen LogP contribution >= 0.6 is 0 Å². The summed E-state index contributed by atoms with van der Waals surface area (Å²) in [6.45, 7) is 4.56. The lowest BCUT2D eigenvalue weighted by Gasteiger charge is -2.18. The van der Waals surface area contributed by atoms with E-state index < -0.39 is 0 Å². The molecule has 1 atom stereocenters. The van der Waals surface area contributed by atoms with E-state index in [-0.39, 0.29) is 5.91 Å². The molecule has 3 rings (SSSR count). The number of anilines is 2. The maximum absolute atomic E-state index is 12.1. The van der Waals surface area contributed by atoms with Crippen LogP contribution in [-0.4, -0.2) is 19.0 Å². The predicted octanol–water partition coefficient (Wildman–Crippen LogP) is 4.49. The molecule has 3 nitrogen and oxygen atoms in total. The maximum atomic E-state index is 12.1. The van der Waals surface area contributed by atoms with Gasteiger partial charge in [0.15, 0.2) is 0 Å². The van der Waals surface area contributed by atoms with Gasteiger partial charge in [-0.3, -0.25) is 4.79 Å². The second-order valence-electron chi connectivity index (χ2n) is 6.77. The molecule has 0 radical (unpaired) electrons. The normalized spacial score (nSPS) is 17.0. The average molecular weight is 322 g/mol. The Morgan fingerprint density at radius 2 is 1.88 bits per heavy atom. The lowest BCUT2D eigenvalue weighted by atomic mass is 10.1. The zero-order valence-electron chi connectivity index (χ0n) is 14.4. The third-order valence-electron chi connectivity index (χ3n) is 4.65. The highest BCUT2D eigenvalue weighted by Gasteiger charge is 2.18. The SMILES string of the molecule is CC1CCN(c2ccc(NC(=O)CCCc3ccccc3)cc2)C1. The third kappa shape index (κ3) is 4.60. The van der Waals surface area contributed by atoms with E-state index in [1.165, 1.54) is 17.7 Å². The first kappa shape index (κ1) is 16.6. The predicted molar refractivity (Wildman–Crippen MR) is 100 cm³/mol. The molecule has 3 heteroatoms. The van der Waals surface area contributed by atoms with Gasteiger partial charge < -0.3 is 10.2 Å². The first-order chi connectivity index (χ1) is 11.7. The van der Waals surface area contributed by atoms with Crippen LogP contribution in [0.15, 0.2) is 54.6 Å². The van der Waals surface area contributed by atoms with Crippen LogP contribution in [0.2, 0.25) is 0 Å². The molecule has 2 aromatic rings. The average Bonchev–Trinajstić information content (AvgIpc) is 3.03. The molecule has 1 aliphatic rings. The van der Waals surface area contributed by atoms with Gasteiger partial charge in [0.25, 0.3) is 0 Å². The molecule has 0 saturated carbocycles. The van der Waals surface area contributed by atoms with E-state index in [4.69, 9.17) is 0 Å². The van der Waals surface area contributed by atoms with Crippen molar-refractivity contribution in [3.63, 3.8) is 0 Å². The topological polar surface area (TPSA) is 32.3 Å². The Balaban J connectivity index is 1.44. The van der Waals surface area contributed by atoms with E-state index in [9.17, 15) is 4.79 Å². The lowest BCUT2D eigenvalue weighted by molar-refractivity contribution is -0.116. The van der Waals surface area contributed by atoms with Crippen LogP contribution in [0.5, 0.6) is 0 Å². The number of aryl methyl sites for hydroxylation is 1. The van der Waals surface area contributed by atoms with Crippen molar-refractivity contribution in [1.29, 1.82) is 0 Å². The molecular weight excluding hydrogens is 296 g/mol. The minimum absolute atomic E-state index is 0.0912. The summed E-state index contributed by atoms with van der Waals surface area (Å²) in [5, 5.41) is 3.00. The summed E-state index contributed by atoms with van der Waals surface area (Å²) >= 11 is 0. The molecule has 1 heterocycles. The molecule has 1 amide bonds. The Morgan fingerprint density at radius 3 is 2.54 bits per heavy atom. The number of nitrogens with one attached hydrogen (secondary N) is 1. The van der Waals surface area contributed by atoms with Gasteiger partial charge >= 0.3 is 0 Å². The van der Waals surface area contributed by atoms with Crippen molar-refractivity contribution >= 4 is 17.3 Å². The Kier molecular flexibility index (Phi) is 5.52. The van der Waals surface area contributed by atoms with Crippen LogP contribution in [0.4, 0.5) is 11.4 Å². The molecule has 1 fully saturated rings. The van der Waals surface area contributed by atoms with Gasteiger partial charge in [0, 0.05) is 30.9 Å². The zero-order valence-corrected chi connectivity index (χ0v) is 14.4. The monoisotopic (exact) mass is 322 g/mol. The van der Waals surface area contributed by atoms with E-state index in [1.807, 2.05) is 30.3 Å². The molecule has 1 N–H and O–H groups in total. The molecule has 1 aliphatic heterocycles. The summed E-state index contributed by atoms with van der Waals surface area (Å²) in [6.07, 6.45) is 3.64. The van der Waals surface area contributed by atoms with Crippen LogP contribution in [-0.2, 0) is 11.2 Å². The number of carbonyl (C=O) groups excluding carboxylic acids is 1. The summed E-state index contributed by atoms with van der Waals surface area (Å²) in [5.74, 6) is 0.863. The van der Waals surface area contributed by atoms with Crippen LogP contribution in [0, 0.1) is 5.92 Å². The molecule has 1 saturated heterocycles. The fourth-order valence-electron chi connectivity index (χ4n) is 3.25. The summed E-state index contributed by atoms with van der Waals surface area (Å²) in [4.78, 5) is 14.5. The van der Waals surface area contributed by atoms with Crippen LogP contribution in [0.3, 0.4) is 0 Å². The minimum Gasteiger partial charge on any atom is -0.371 e. The molecule has 0 bridgehead atoms. The van der Waals surface area contributed by atoms with Crippen molar-refractivity contribution in [2.45, 2.75) is 32.6 Å². The quantitative estimate of drug-likeness (QED) is 0.849. The van der Waals surface area contributed by atoms with Gasteiger partial charge in [0.1, 0.15) is 0 Å². The fourth-order valence-corrected chi connectivity index (χ4v) is 3.25. The number of hydrogen-bond acceptors (Lipinski definition) is 2. The minimum atomic E-state index is 0.0912. The second kappa shape index (κ2) is 8.00. The Morgan fingerprint density at radius 1 is 1.12 bits per heavy atom. The molecule has 0 spiro atoms. The van der Waals surface area contributed by atoms with Gasteiger partial charge in [-0.25, -0.2) is 0 Å². The van der Waals surface area contributed by atoms with Gasteiger partial charge in [-0.1, -0.05) is 37.3 Å². The summed E-state index contributed by atoms with van der Waals surface area (Å²) in [5.41, 5.74) is 3.42. The number of amides is 1. The zero-order chi connectivity index (χ0) is 16.8. The number of hydrogen-bond donors (Lipinski definition) is 1. The van der Waals surface area contributed by atoms with E-state index >= 15 is 0 Å². The first-order valence-corrected chi connectivity index (χ1v) is 8.89. The van der Waals surface area contributed by atoms with Crippen molar-refractivity contribution in [1.82, 2.24) is 0 Å². The Labute approximate surface area is 144 Å². The van der Waals surface area contributed by atoms with Crippen LogP contribution in [0.1, 0.15) is 31.7 Å². The number of nitrogens with zero attached hydrogens (tertiary/aromatic N) is 1. The van der Waals surface area contributed by atoms with E-state index in [0.29, 0.717) is 6.42 Å². The molecule has 126 valence electrons.